The SMILES string of the molecule is CCNC(c1cnc(C)cn1)c1c(OC)cccc1OC. The molecule has 0 spiro atoms. The third-order valence-electron chi connectivity index (χ3n) is 3.26. The Morgan fingerprint density at radius 2 is 1.76 bits per heavy atom. The molecular formula is C16H21N3O2. The van der Waals surface area contributed by atoms with Crippen molar-refractivity contribution in [2.24, 2.45) is 0 Å². The number of hydrogen-bond donors (Lipinski definition) is 1. The third kappa shape index (κ3) is 3.31. The largest absolute Gasteiger partial charge is 0.496 e. The molecule has 0 aliphatic heterocycles. The summed E-state index contributed by atoms with van der Waals surface area (Å²) in [5.41, 5.74) is 2.66. The molecule has 1 N–H and O–H groups in total. The molecule has 0 radical (unpaired) electrons. The summed E-state index contributed by atoms with van der Waals surface area (Å²) in [6, 6.07) is 5.62. The Kier molecular flexibility index (Phi) is 5.11. The summed E-state index contributed by atoms with van der Waals surface area (Å²) in [6.45, 7) is 4.76. The van der Waals surface area contributed by atoms with E-state index in [1.807, 2.05) is 25.1 Å². The molecule has 0 saturated heterocycles. The molecule has 1 heterocycles. The van der Waals surface area contributed by atoms with Crippen LogP contribution in [0.5, 0.6) is 11.5 Å². The van der Waals surface area contributed by atoms with E-state index in [2.05, 4.69) is 22.2 Å². The number of nitrogens with one attached hydrogen (secondary N) is 1. The lowest BCUT2D eigenvalue weighted by atomic mass is 10.0. The predicted octanol–water partition coefficient (Wildman–Crippen LogP) is 2.50. The topological polar surface area (TPSA) is 56.3 Å². The maximum absolute atomic E-state index is 5.49. The van der Waals surface area contributed by atoms with E-state index in [1.54, 1.807) is 26.6 Å². The highest BCUT2D eigenvalue weighted by Gasteiger charge is 2.23. The summed E-state index contributed by atoms with van der Waals surface area (Å²) >= 11 is 0. The quantitative estimate of drug-likeness (QED) is 0.884. The van der Waals surface area contributed by atoms with Crippen LogP contribution in [0.25, 0.3) is 0 Å². The highest BCUT2D eigenvalue weighted by Crippen LogP contribution is 2.36. The fraction of sp³-hybridized carbons (Fsp3) is 0.375. The highest BCUT2D eigenvalue weighted by atomic mass is 16.5. The van der Waals surface area contributed by atoms with Crippen molar-refractivity contribution < 1.29 is 9.47 Å². The molecule has 112 valence electrons. The van der Waals surface area contributed by atoms with Crippen molar-refractivity contribution in [2.45, 2.75) is 19.9 Å². The van der Waals surface area contributed by atoms with Crippen LogP contribution in [0.3, 0.4) is 0 Å². The van der Waals surface area contributed by atoms with Crippen LogP contribution >= 0.6 is 0 Å². The number of rotatable bonds is 6. The van der Waals surface area contributed by atoms with Gasteiger partial charge in [0, 0.05) is 6.20 Å². The monoisotopic (exact) mass is 287 g/mol. The van der Waals surface area contributed by atoms with Crippen molar-refractivity contribution >= 4 is 0 Å². The molecule has 5 nitrogen and oxygen atoms in total. The lowest BCUT2D eigenvalue weighted by Crippen LogP contribution is -2.24. The first-order valence-corrected chi connectivity index (χ1v) is 6.94. The van der Waals surface area contributed by atoms with Gasteiger partial charge < -0.3 is 14.8 Å². The molecule has 1 aromatic carbocycles. The van der Waals surface area contributed by atoms with Crippen molar-refractivity contribution in [2.75, 3.05) is 20.8 Å². The van der Waals surface area contributed by atoms with Crippen molar-refractivity contribution in [3.63, 3.8) is 0 Å². The van der Waals surface area contributed by atoms with Gasteiger partial charge in [0.15, 0.2) is 0 Å². The first-order valence-electron chi connectivity index (χ1n) is 6.94. The van der Waals surface area contributed by atoms with E-state index in [4.69, 9.17) is 9.47 Å². The molecule has 0 fully saturated rings. The fourth-order valence-corrected chi connectivity index (χ4v) is 2.27. The smallest absolute Gasteiger partial charge is 0.127 e. The van der Waals surface area contributed by atoms with Crippen LogP contribution in [0, 0.1) is 6.92 Å². The zero-order valence-electron chi connectivity index (χ0n) is 12.9. The van der Waals surface area contributed by atoms with Gasteiger partial charge in [-0.25, -0.2) is 0 Å². The Bertz CT molecular complexity index is 562. The van der Waals surface area contributed by atoms with E-state index in [0.29, 0.717) is 0 Å². The van der Waals surface area contributed by atoms with Gasteiger partial charge in [-0.2, -0.15) is 0 Å². The van der Waals surface area contributed by atoms with E-state index in [9.17, 15) is 0 Å². The predicted molar refractivity (Wildman–Crippen MR) is 81.8 cm³/mol. The van der Waals surface area contributed by atoms with Crippen LogP contribution < -0.4 is 14.8 Å². The molecule has 0 aliphatic carbocycles. The van der Waals surface area contributed by atoms with Gasteiger partial charge in [-0.1, -0.05) is 13.0 Å². The normalized spacial score (nSPS) is 12.0. The molecule has 1 aromatic heterocycles. The second-order valence-corrected chi connectivity index (χ2v) is 4.65. The minimum atomic E-state index is -0.130. The summed E-state index contributed by atoms with van der Waals surface area (Å²) in [4.78, 5) is 8.82. The van der Waals surface area contributed by atoms with E-state index >= 15 is 0 Å². The average molecular weight is 287 g/mol. The molecule has 1 unspecified atom stereocenters. The molecule has 5 heteroatoms. The van der Waals surface area contributed by atoms with Gasteiger partial charge in [0.1, 0.15) is 11.5 Å². The van der Waals surface area contributed by atoms with Crippen LogP contribution in [0.1, 0.15) is 29.9 Å². The number of ether oxygens (including phenoxy) is 2. The van der Waals surface area contributed by atoms with Crippen LogP contribution in [-0.4, -0.2) is 30.7 Å². The molecule has 0 amide bonds. The molecule has 1 atom stereocenters. The van der Waals surface area contributed by atoms with Gasteiger partial charge >= 0.3 is 0 Å². The summed E-state index contributed by atoms with van der Waals surface area (Å²) < 4.78 is 11.0. The van der Waals surface area contributed by atoms with Crippen LogP contribution in [0.2, 0.25) is 0 Å². The van der Waals surface area contributed by atoms with E-state index < -0.39 is 0 Å². The number of aryl methyl sites for hydroxylation is 1. The molecule has 21 heavy (non-hydrogen) atoms. The molecule has 0 bridgehead atoms. The first kappa shape index (κ1) is 15.3. The minimum Gasteiger partial charge on any atom is -0.496 e. The van der Waals surface area contributed by atoms with Crippen LogP contribution in [-0.2, 0) is 0 Å². The Morgan fingerprint density at radius 1 is 1.10 bits per heavy atom. The maximum atomic E-state index is 5.49. The second kappa shape index (κ2) is 7.04. The van der Waals surface area contributed by atoms with Crippen molar-refractivity contribution in [1.82, 2.24) is 15.3 Å². The van der Waals surface area contributed by atoms with E-state index in [-0.39, 0.29) is 6.04 Å². The molecule has 2 aromatic rings. The average Bonchev–Trinajstić information content (AvgIpc) is 2.53. The van der Waals surface area contributed by atoms with Gasteiger partial charge in [-0.3, -0.25) is 9.97 Å². The van der Waals surface area contributed by atoms with Gasteiger partial charge in [0.2, 0.25) is 0 Å². The maximum Gasteiger partial charge on any atom is 0.127 e. The number of aromatic nitrogens is 2. The van der Waals surface area contributed by atoms with Crippen LogP contribution in [0.15, 0.2) is 30.6 Å². The van der Waals surface area contributed by atoms with Crippen molar-refractivity contribution in [3.8, 4) is 11.5 Å². The van der Waals surface area contributed by atoms with Crippen molar-refractivity contribution in [1.29, 1.82) is 0 Å². The standard InChI is InChI=1S/C16H21N3O2/c1-5-17-16(12-10-18-11(2)9-19-12)15-13(20-3)7-6-8-14(15)21-4/h6-10,16-17H,5H2,1-4H3. The summed E-state index contributed by atoms with van der Waals surface area (Å²) in [7, 11) is 3.31. The summed E-state index contributed by atoms with van der Waals surface area (Å²) in [5.74, 6) is 1.53. The molecule has 0 aliphatic rings. The Morgan fingerprint density at radius 3 is 2.24 bits per heavy atom. The lowest BCUT2D eigenvalue weighted by molar-refractivity contribution is 0.376. The van der Waals surface area contributed by atoms with Gasteiger partial charge in [-0.15, -0.1) is 0 Å². The zero-order valence-corrected chi connectivity index (χ0v) is 12.9. The van der Waals surface area contributed by atoms with E-state index in [0.717, 1.165) is 35.0 Å². The highest BCUT2D eigenvalue weighted by molar-refractivity contribution is 5.49. The third-order valence-corrected chi connectivity index (χ3v) is 3.26. The Hall–Kier alpha value is -2.14. The number of hydrogen-bond acceptors (Lipinski definition) is 5. The first-order chi connectivity index (χ1) is 10.2. The molecule has 0 saturated carbocycles. The number of benzene rings is 1. The molecular weight excluding hydrogens is 266 g/mol. The van der Waals surface area contributed by atoms with Gasteiger partial charge in [0.05, 0.1) is 43.4 Å². The number of methoxy groups -OCH3 is 2. The second-order valence-electron chi connectivity index (χ2n) is 4.65. The van der Waals surface area contributed by atoms with E-state index in [1.165, 1.54) is 0 Å². The fourth-order valence-electron chi connectivity index (χ4n) is 2.27. The van der Waals surface area contributed by atoms with Crippen LogP contribution in [0.4, 0.5) is 0 Å². The minimum absolute atomic E-state index is 0.130. The van der Waals surface area contributed by atoms with Gasteiger partial charge in [0.25, 0.3) is 0 Å². The Balaban J connectivity index is 2.54. The molecule has 2 rings (SSSR count). The summed E-state index contributed by atoms with van der Waals surface area (Å²) in [6.07, 6.45) is 3.55. The Labute approximate surface area is 125 Å². The summed E-state index contributed by atoms with van der Waals surface area (Å²) in [5, 5.41) is 3.42. The number of nitrogens with zero attached hydrogens (tertiary/aromatic N) is 2. The lowest BCUT2D eigenvalue weighted by Gasteiger charge is -2.22. The van der Waals surface area contributed by atoms with Crippen molar-refractivity contribution in [3.05, 3.63) is 47.5 Å². The zero-order chi connectivity index (χ0) is 15.2. The van der Waals surface area contributed by atoms with Gasteiger partial charge in [-0.05, 0) is 25.6 Å².